The lowest BCUT2D eigenvalue weighted by molar-refractivity contribution is 0.0526. The van der Waals surface area contributed by atoms with Gasteiger partial charge in [0, 0.05) is 22.6 Å². The molecule has 0 unspecified atom stereocenters. The Hall–Kier alpha value is -3.12. The van der Waals surface area contributed by atoms with Gasteiger partial charge in [0.05, 0.1) is 12.2 Å². The number of carbonyl (C=O) groups excluding carboxylic acids is 1. The van der Waals surface area contributed by atoms with Crippen LogP contribution in [0, 0.1) is 0 Å². The van der Waals surface area contributed by atoms with Crippen molar-refractivity contribution in [2.45, 2.75) is 6.92 Å². The minimum absolute atomic E-state index is 0.337. The quantitative estimate of drug-likeness (QED) is 0.609. The van der Waals surface area contributed by atoms with Crippen LogP contribution in [0.2, 0.25) is 5.02 Å². The summed E-state index contributed by atoms with van der Waals surface area (Å²) in [6.45, 7) is 2.13. The molecule has 0 radical (unpaired) electrons. The highest BCUT2D eigenvalue weighted by Crippen LogP contribution is 2.19. The zero-order valence-corrected chi connectivity index (χ0v) is 14.8. The molecule has 0 atom stereocenters. The first-order valence-corrected chi connectivity index (χ1v) is 8.41. The smallest absolute Gasteiger partial charge is 0.338 e. The third-order valence-corrected chi connectivity index (χ3v) is 3.68. The maximum Gasteiger partial charge on any atom is 0.338 e. The highest BCUT2D eigenvalue weighted by molar-refractivity contribution is 6.30. The Balaban J connectivity index is 1.68. The second-order valence-corrected chi connectivity index (χ2v) is 5.76. The van der Waals surface area contributed by atoms with E-state index in [1.807, 2.05) is 12.1 Å². The van der Waals surface area contributed by atoms with E-state index in [0.29, 0.717) is 29.0 Å². The van der Waals surface area contributed by atoms with Gasteiger partial charge in [-0.1, -0.05) is 11.6 Å². The number of anilines is 4. The average Bonchev–Trinajstić information content (AvgIpc) is 2.65. The molecule has 132 valence electrons. The molecule has 1 heterocycles. The van der Waals surface area contributed by atoms with Crippen LogP contribution in [-0.4, -0.2) is 22.5 Å². The number of ether oxygens (including phenoxy) is 1. The molecule has 3 rings (SSSR count). The third kappa shape index (κ3) is 4.70. The van der Waals surface area contributed by atoms with Gasteiger partial charge in [-0.25, -0.2) is 9.78 Å². The molecule has 7 heteroatoms. The molecule has 26 heavy (non-hydrogen) atoms. The van der Waals surface area contributed by atoms with Crippen LogP contribution in [0.3, 0.4) is 0 Å². The van der Waals surface area contributed by atoms with Crippen molar-refractivity contribution in [2.75, 3.05) is 17.2 Å². The SMILES string of the molecule is CCOC(=O)c1ccc(Nc2ccnc(Nc3ccc(Cl)cc3)n2)cc1. The summed E-state index contributed by atoms with van der Waals surface area (Å²) in [7, 11) is 0. The summed E-state index contributed by atoms with van der Waals surface area (Å²) >= 11 is 5.88. The van der Waals surface area contributed by atoms with Crippen LogP contribution in [-0.2, 0) is 4.74 Å². The maximum absolute atomic E-state index is 11.7. The summed E-state index contributed by atoms with van der Waals surface area (Å²) in [6, 6.07) is 16.0. The molecule has 0 bridgehead atoms. The summed E-state index contributed by atoms with van der Waals surface area (Å²) in [4.78, 5) is 20.3. The maximum atomic E-state index is 11.7. The van der Waals surface area contributed by atoms with E-state index in [9.17, 15) is 4.79 Å². The lowest BCUT2D eigenvalue weighted by Gasteiger charge is -2.09. The van der Waals surface area contributed by atoms with E-state index in [0.717, 1.165) is 11.4 Å². The Morgan fingerprint density at radius 2 is 1.65 bits per heavy atom. The van der Waals surface area contributed by atoms with E-state index in [-0.39, 0.29) is 5.97 Å². The number of nitrogens with zero attached hydrogens (tertiary/aromatic N) is 2. The zero-order chi connectivity index (χ0) is 18.4. The van der Waals surface area contributed by atoms with Crippen LogP contribution in [0.25, 0.3) is 0 Å². The molecular formula is C19H17ClN4O2. The van der Waals surface area contributed by atoms with Crippen molar-refractivity contribution in [3.63, 3.8) is 0 Å². The highest BCUT2D eigenvalue weighted by Gasteiger charge is 2.06. The van der Waals surface area contributed by atoms with E-state index in [1.54, 1.807) is 55.6 Å². The number of nitrogens with one attached hydrogen (secondary N) is 2. The molecule has 0 aliphatic carbocycles. The minimum Gasteiger partial charge on any atom is -0.462 e. The molecule has 2 aromatic carbocycles. The van der Waals surface area contributed by atoms with Crippen molar-refractivity contribution < 1.29 is 9.53 Å². The summed E-state index contributed by atoms with van der Waals surface area (Å²) in [5, 5.41) is 6.95. The van der Waals surface area contributed by atoms with Gasteiger partial charge < -0.3 is 15.4 Å². The van der Waals surface area contributed by atoms with Crippen LogP contribution in [0.5, 0.6) is 0 Å². The Bertz CT molecular complexity index is 883. The van der Waals surface area contributed by atoms with E-state index < -0.39 is 0 Å². The van der Waals surface area contributed by atoms with E-state index >= 15 is 0 Å². The fourth-order valence-electron chi connectivity index (χ4n) is 2.20. The molecule has 0 fully saturated rings. The largest absolute Gasteiger partial charge is 0.462 e. The number of rotatable bonds is 6. The van der Waals surface area contributed by atoms with Gasteiger partial charge >= 0.3 is 5.97 Å². The summed E-state index contributed by atoms with van der Waals surface area (Å²) < 4.78 is 4.97. The van der Waals surface area contributed by atoms with E-state index in [2.05, 4.69) is 20.6 Å². The number of aromatic nitrogens is 2. The lowest BCUT2D eigenvalue weighted by atomic mass is 10.2. The molecule has 0 saturated carbocycles. The Labute approximate surface area is 156 Å². The van der Waals surface area contributed by atoms with Crippen molar-refractivity contribution in [2.24, 2.45) is 0 Å². The monoisotopic (exact) mass is 368 g/mol. The molecule has 2 N–H and O–H groups in total. The summed E-state index contributed by atoms with van der Waals surface area (Å²) in [6.07, 6.45) is 1.65. The highest BCUT2D eigenvalue weighted by atomic mass is 35.5. The standard InChI is InChI=1S/C19H17ClN4O2/c1-2-26-18(25)13-3-7-15(8-4-13)22-17-11-12-21-19(24-17)23-16-9-5-14(20)6-10-16/h3-12H,2H2,1H3,(H2,21,22,23,24). The van der Waals surface area contributed by atoms with Gasteiger partial charge in [0.25, 0.3) is 0 Å². The molecule has 1 aromatic heterocycles. The van der Waals surface area contributed by atoms with E-state index in [4.69, 9.17) is 16.3 Å². The predicted octanol–water partition coefficient (Wildman–Crippen LogP) is 4.79. The van der Waals surface area contributed by atoms with Crippen molar-refractivity contribution >= 4 is 40.7 Å². The first-order valence-electron chi connectivity index (χ1n) is 8.04. The normalized spacial score (nSPS) is 10.2. The summed E-state index contributed by atoms with van der Waals surface area (Å²) in [5.41, 5.74) is 2.14. The Morgan fingerprint density at radius 1 is 1.00 bits per heavy atom. The fraction of sp³-hybridized carbons (Fsp3) is 0.105. The third-order valence-electron chi connectivity index (χ3n) is 3.42. The molecule has 0 amide bonds. The number of hydrogen-bond donors (Lipinski definition) is 2. The molecular weight excluding hydrogens is 352 g/mol. The predicted molar refractivity (Wildman–Crippen MR) is 102 cm³/mol. The van der Waals surface area contributed by atoms with Crippen LogP contribution in [0.4, 0.5) is 23.1 Å². The number of carbonyl (C=O) groups is 1. The Kier molecular flexibility index (Phi) is 5.66. The minimum atomic E-state index is -0.337. The average molecular weight is 369 g/mol. The molecule has 0 aliphatic rings. The van der Waals surface area contributed by atoms with Gasteiger partial charge in [-0.2, -0.15) is 4.98 Å². The van der Waals surface area contributed by atoms with Gasteiger partial charge in [0.1, 0.15) is 5.82 Å². The number of esters is 1. The van der Waals surface area contributed by atoms with Crippen molar-refractivity contribution in [3.05, 3.63) is 71.4 Å². The fourth-order valence-corrected chi connectivity index (χ4v) is 2.33. The van der Waals surface area contributed by atoms with Gasteiger partial charge in [-0.3, -0.25) is 0 Å². The zero-order valence-electron chi connectivity index (χ0n) is 14.1. The van der Waals surface area contributed by atoms with Crippen molar-refractivity contribution in [1.29, 1.82) is 0 Å². The van der Waals surface area contributed by atoms with Crippen molar-refractivity contribution in [3.8, 4) is 0 Å². The van der Waals surface area contributed by atoms with Crippen LogP contribution < -0.4 is 10.6 Å². The van der Waals surface area contributed by atoms with Crippen LogP contribution in [0.1, 0.15) is 17.3 Å². The lowest BCUT2D eigenvalue weighted by Crippen LogP contribution is -2.04. The van der Waals surface area contributed by atoms with Gasteiger partial charge in [0.15, 0.2) is 0 Å². The molecule has 6 nitrogen and oxygen atoms in total. The van der Waals surface area contributed by atoms with Gasteiger partial charge in [0.2, 0.25) is 5.95 Å². The number of halogens is 1. The second kappa shape index (κ2) is 8.31. The molecule has 0 spiro atoms. The molecule has 0 aliphatic heterocycles. The first-order chi connectivity index (χ1) is 12.6. The number of hydrogen-bond acceptors (Lipinski definition) is 6. The number of benzene rings is 2. The van der Waals surface area contributed by atoms with Crippen molar-refractivity contribution in [1.82, 2.24) is 9.97 Å². The molecule has 3 aromatic rings. The van der Waals surface area contributed by atoms with Gasteiger partial charge in [-0.05, 0) is 61.5 Å². The molecule has 0 saturated heterocycles. The van der Waals surface area contributed by atoms with Crippen LogP contribution >= 0.6 is 11.6 Å². The Morgan fingerprint density at radius 3 is 2.35 bits per heavy atom. The van der Waals surface area contributed by atoms with Gasteiger partial charge in [-0.15, -0.1) is 0 Å². The van der Waals surface area contributed by atoms with Crippen LogP contribution in [0.15, 0.2) is 60.8 Å². The van der Waals surface area contributed by atoms with E-state index in [1.165, 1.54) is 0 Å². The second-order valence-electron chi connectivity index (χ2n) is 5.32. The topological polar surface area (TPSA) is 76.1 Å². The first kappa shape index (κ1) is 17.7. The summed E-state index contributed by atoms with van der Waals surface area (Å²) in [5.74, 6) is 0.747.